The Morgan fingerprint density at radius 1 is 1.29 bits per heavy atom. The van der Waals surface area contributed by atoms with Crippen LogP contribution in [0.15, 0.2) is 24.3 Å². The average Bonchev–Trinajstić information content (AvgIpc) is 2.70. The number of nitrogens with one attached hydrogen (secondary N) is 1. The van der Waals surface area contributed by atoms with Crippen LogP contribution >= 0.6 is 11.6 Å². The fraction of sp³-hybridized carbons (Fsp3) is 0.500. The van der Waals surface area contributed by atoms with E-state index in [9.17, 15) is 13.2 Å². The average molecular weight is 330 g/mol. The zero-order valence-electron chi connectivity index (χ0n) is 11.3. The monoisotopic (exact) mass is 329 g/mol. The largest absolute Gasteiger partial charge is 0.493 e. The quantitative estimate of drug-likeness (QED) is 0.824. The second-order valence-electron chi connectivity index (χ2n) is 5.44. The third kappa shape index (κ3) is 3.01. The van der Waals surface area contributed by atoms with Gasteiger partial charge < -0.3 is 10.1 Å². The van der Waals surface area contributed by atoms with Crippen LogP contribution in [0.3, 0.4) is 0 Å². The molecule has 7 heteroatoms. The van der Waals surface area contributed by atoms with Gasteiger partial charge >= 0.3 is 0 Å². The smallest absolute Gasteiger partial charge is 0.228 e. The minimum atomic E-state index is -3.15. The van der Waals surface area contributed by atoms with Crippen LogP contribution in [-0.2, 0) is 14.6 Å². The summed E-state index contributed by atoms with van der Waals surface area (Å²) in [6, 6.07) is 6.90. The van der Waals surface area contributed by atoms with Crippen molar-refractivity contribution in [1.82, 2.24) is 5.32 Å². The molecule has 1 saturated heterocycles. The van der Waals surface area contributed by atoms with E-state index in [0.29, 0.717) is 18.8 Å². The Labute approximate surface area is 128 Å². The van der Waals surface area contributed by atoms with E-state index in [-0.39, 0.29) is 23.3 Å². The first-order valence-electron chi connectivity index (χ1n) is 6.83. The first kappa shape index (κ1) is 14.7. The van der Waals surface area contributed by atoms with E-state index < -0.39 is 21.3 Å². The highest BCUT2D eigenvalue weighted by Crippen LogP contribution is 2.33. The van der Waals surface area contributed by atoms with Gasteiger partial charge in [0.2, 0.25) is 5.91 Å². The molecule has 1 amide bonds. The van der Waals surface area contributed by atoms with Crippen molar-refractivity contribution in [3.8, 4) is 5.75 Å². The first-order valence-corrected chi connectivity index (χ1v) is 9.09. The number of rotatable bonds is 2. The molecule has 0 radical (unpaired) electrons. The number of para-hydroxylation sites is 1. The highest BCUT2D eigenvalue weighted by molar-refractivity contribution is 7.91. The summed E-state index contributed by atoms with van der Waals surface area (Å²) in [5, 5.41) is 2.23. The topological polar surface area (TPSA) is 72.5 Å². The van der Waals surface area contributed by atoms with Gasteiger partial charge in [-0.2, -0.15) is 0 Å². The summed E-state index contributed by atoms with van der Waals surface area (Å²) in [5.41, 5.74) is 0.841. The minimum absolute atomic E-state index is 0.0795. The van der Waals surface area contributed by atoms with Crippen LogP contribution < -0.4 is 10.1 Å². The van der Waals surface area contributed by atoms with E-state index in [2.05, 4.69) is 5.32 Å². The summed E-state index contributed by atoms with van der Waals surface area (Å²) in [7, 11) is -3.15. The van der Waals surface area contributed by atoms with Gasteiger partial charge in [-0.25, -0.2) is 8.42 Å². The van der Waals surface area contributed by atoms with E-state index in [0.717, 1.165) is 5.56 Å². The molecule has 2 aliphatic heterocycles. The Balaban J connectivity index is 1.75. The predicted octanol–water partition coefficient (Wildman–Crippen LogP) is 1.07. The number of fused-ring (bicyclic) bond motifs is 1. The Hall–Kier alpha value is -1.27. The van der Waals surface area contributed by atoms with Crippen molar-refractivity contribution in [2.45, 2.75) is 23.8 Å². The highest BCUT2D eigenvalue weighted by Gasteiger charge is 2.39. The van der Waals surface area contributed by atoms with E-state index in [4.69, 9.17) is 16.3 Å². The maximum Gasteiger partial charge on any atom is 0.228 e. The van der Waals surface area contributed by atoms with Gasteiger partial charge in [-0.15, -0.1) is 11.6 Å². The summed E-state index contributed by atoms with van der Waals surface area (Å²) < 4.78 is 28.6. The number of alkyl halides is 1. The molecule has 0 spiro atoms. The Bertz CT molecular complexity index is 661. The van der Waals surface area contributed by atoms with Crippen LogP contribution in [0, 0.1) is 0 Å². The summed E-state index contributed by atoms with van der Waals surface area (Å²) in [6.45, 7) is 0.475. The number of sulfone groups is 1. The first-order chi connectivity index (χ1) is 9.96. The maximum atomic E-state index is 12.5. The number of ether oxygens (including phenoxy) is 1. The van der Waals surface area contributed by atoms with Gasteiger partial charge in [-0.1, -0.05) is 18.2 Å². The Morgan fingerprint density at radius 2 is 2.05 bits per heavy atom. The van der Waals surface area contributed by atoms with Crippen molar-refractivity contribution in [3.05, 3.63) is 29.8 Å². The number of carbonyl (C=O) groups is 1. The molecule has 21 heavy (non-hydrogen) atoms. The van der Waals surface area contributed by atoms with Crippen molar-refractivity contribution in [2.24, 2.45) is 0 Å². The molecule has 5 nitrogen and oxygen atoms in total. The van der Waals surface area contributed by atoms with Crippen LogP contribution in [0.25, 0.3) is 0 Å². The van der Waals surface area contributed by atoms with E-state index in [1.54, 1.807) is 0 Å². The van der Waals surface area contributed by atoms with Gasteiger partial charge in [0.1, 0.15) is 5.75 Å². The Kier molecular flexibility index (Phi) is 3.84. The molecule has 1 N–H and O–H groups in total. The number of carbonyl (C=O) groups excluding carboxylic acids is 1. The number of amides is 1. The molecule has 0 bridgehead atoms. The number of hydrogen-bond donors (Lipinski definition) is 1. The second kappa shape index (κ2) is 5.50. The molecule has 114 valence electrons. The van der Waals surface area contributed by atoms with E-state index in [1.165, 1.54) is 0 Å². The fourth-order valence-electron chi connectivity index (χ4n) is 2.83. The van der Waals surface area contributed by atoms with Crippen molar-refractivity contribution in [3.63, 3.8) is 0 Å². The normalized spacial score (nSPS) is 30.2. The molecule has 3 rings (SSSR count). The molecule has 1 fully saturated rings. The minimum Gasteiger partial charge on any atom is -0.493 e. The summed E-state index contributed by atoms with van der Waals surface area (Å²) in [6.07, 6.45) is 0.579. The number of hydrogen-bond acceptors (Lipinski definition) is 4. The van der Waals surface area contributed by atoms with Gasteiger partial charge in [-0.3, -0.25) is 4.79 Å². The zero-order valence-corrected chi connectivity index (χ0v) is 12.9. The molecule has 1 aromatic rings. The van der Waals surface area contributed by atoms with Gasteiger partial charge in [0, 0.05) is 5.56 Å². The molecule has 2 heterocycles. The van der Waals surface area contributed by atoms with Crippen LogP contribution in [0.2, 0.25) is 0 Å². The summed E-state index contributed by atoms with van der Waals surface area (Å²) >= 11 is 6.03. The van der Waals surface area contributed by atoms with Crippen molar-refractivity contribution < 1.29 is 17.9 Å². The van der Waals surface area contributed by atoms with Crippen LogP contribution in [0.1, 0.15) is 17.9 Å². The van der Waals surface area contributed by atoms with Gasteiger partial charge in [0.25, 0.3) is 0 Å². The molecule has 0 aromatic heterocycles. The predicted molar refractivity (Wildman–Crippen MR) is 79.5 cm³/mol. The lowest BCUT2D eigenvalue weighted by atomic mass is 9.92. The Morgan fingerprint density at radius 3 is 2.76 bits per heavy atom. The third-order valence-corrected chi connectivity index (χ3v) is 6.26. The summed E-state index contributed by atoms with van der Waals surface area (Å²) in [5.74, 6) is 0.0488. The number of benzene rings is 1. The highest BCUT2D eigenvalue weighted by atomic mass is 35.5. The maximum absolute atomic E-state index is 12.5. The van der Waals surface area contributed by atoms with E-state index >= 15 is 0 Å². The van der Waals surface area contributed by atoms with Crippen LogP contribution in [-0.4, -0.2) is 43.9 Å². The summed E-state index contributed by atoms with van der Waals surface area (Å²) in [4.78, 5) is 12.5. The lowest BCUT2D eigenvalue weighted by molar-refractivity contribution is -0.123. The van der Waals surface area contributed by atoms with E-state index in [1.807, 2.05) is 24.3 Å². The fourth-order valence-corrected chi connectivity index (χ4v) is 5.38. The second-order valence-corrected chi connectivity index (χ2v) is 8.15. The number of halogens is 1. The van der Waals surface area contributed by atoms with Crippen molar-refractivity contribution in [1.29, 1.82) is 0 Å². The SMILES string of the molecule is O=C(NC1CS(=O)(=O)CC1Cl)C1CCOc2ccccc21. The van der Waals surface area contributed by atoms with Crippen molar-refractivity contribution in [2.75, 3.05) is 18.1 Å². The van der Waals surface area contributed by atoms with Gasteiger partial charge in [0.05, 0.1) is 35.4 Å². The molecule has 0 saturated carbocycles. The molecule has 3 unspecified atom stereocenters. The van der Waals surface area contributed by atoms with Crippen LogP contribution in [0.4, 0.5) is 0 Å². The molecule has 2 aliphatic rings. The molecular weight excluding hydrogens is 314 g/mol. The standard InChI is InChI=1S/C14H16ClNO4S/c15-11-7-21(18,19)8-12(11)16-14(17)10-5-6-20-13-4-2-1-3-9(10)13/h1-4,10-12H,5-8H2,(H,16,17). The van der Waals surface area contributed by atoms with Crippen molar-refractivity contribution >= 4 is 27.3 Å². The molecular formula is C14H16ClNO4S. The van der Waals surface area contributed by atoms with Crippen LogP contribution in [0.5, 0.6) is 5.75 Å². The zero-order chi connectivity index (χ0) is 15.0. The lowest BCUT2D eigenvalue weighted by Gasteiger charge is -2.26. The molecule has 3 atom stereocenters. The van der Waals surface area contributed by atoms with Gasteiger partial charge in [-0.05, 0) is 12.5 Å². The lowest BCUT2D eigenvalue weighted by Crippen LogP contribution is -2.43. The third-order valence-electron chi connectivity index (χ3n) is 3.89. The van der Waals surface area contributed by atoms with Gasteiger partial charge in [0.15, 0.2) is 9.84 Å². The molecule has 1 aromatic carbocycles. The molecule has 0 aliphatic carbocycles.